The molecule has 0 aromatic heterocycles. The Morgan fingerprint density at radius 3 is 2.65 bits per heavy atom. The predicted molar refractivity (Wildman–Crippen MR) is 67.5 cm³/mol. The average Bonchev–Trinajstić information content (AvgIpc) is 2.26. The van der Waals surface area contributed by atoms with E-state index in [-0.39, 0.29) is 6.54 Å². The summed E-state index contributed by atoms with van der Waals surface area (Å²) in [6, 6.07) is 7.52. The second kappa shape index (κ2) is 5.05. The van der Waals surface area contributed by atoms with Gasteiger partial charge in [0.05, 0.1) is 6.54 Å². The molecule has 1 rings (SSSR count). The number of hydrogen-bond donors (Lipinski definition) is 3. The van der Waals surface area contributed by atoms with Gasteiger partial charge in [0.1, 0.15) is 0 Å². The number of carbonyl (C=O) groups is 1. The van der Waals surface area contributed by atoms with Crippen molar-refractivity contribution in [2.75, 3.05) is 30.9 Å². The summed E-state index contributed by atoms with van der Waals surface area (Å²) in [4.78, 5) is 12.7. The molecular weight excluding hydrogens is 220 g/mol. The molecule has 0 heterocycles. The van der Waals surface area contributed by atoms with Crippen molar-refractivity contribution in [3.05, 3.63) is 24.3 Å². The molecule has 0 saturated heterocycles. The smallest absolute Gasteiger partial charge is 0.337 e. The number of carboxylic acids is 1. The maximum absolute atomic E-state index is 10.7. The van der Waals surface area contributed by atoms with Crippen LogP contribution in [0.25, 0.3) is 0 Å². The fourth-order valence-corrected chi connectivity index (χ4v) is 1.24. The molecule has 0 spiro atoms. The Morgan fingerprint density at radius 1 is 1.47 bits per heavy atom. The number of aliphatic hydroxyl groups is 1. The SMILES string of the molecule is CN(C)c1cccc(NCC(C)(O)C(=O)O)c1. The maximum Gasteiger partial charge on any atom is 0.337 e. The van der Waals surface area contributed by atoms with Crippen molar-refractivity contribution in [2.24, 2.45) is 0 Å². The maximum atomic E-state index is 10.7. The van der Waals surface area contributed by atoms with E-state index in [0.29, 0.717) is 0 Å². The molecular formula is C12H18N2O3. The van der Waals surface area contributed by atoms with Crippen molar-refractivity contribution < 1.29 is 15.0 Å². The Balaban J connectivity index is 2.70. The summed E-state index contributed by atoms with van der Waals surface area (Å²) < 4.78 is 0. The quantitative estimate of drug-likeness (QED) is 0.713. The third-order valence-electron chi connectivity index (χ3n) is 2.46. The Labute approximate surface area is 101 Å². The van der Waals surface area contributed by atoms with E-state index in [0.717, 1.165) is 11.4 Å². The third-order valence-corrected chi connectivity index (χ3v) is 2.46. The van der Waals surface area contributed by atoms with Crippen LogP contribution in [-0.2, 0) is 4.79 Å². The first-order chi connectivity index (χ1) is 7.83. The van der Waals surface area contributed by atoms with Crippen LogP contribution in [0, 0.1) is 0 Å². The molecule has 94 valence electrons. The van der Waals surface area contributed by atoms with E-state index in [1.807, 2.05) is 43.3 Å². The molecule has 1 aromatic rings. The van der Waals surface area contributed by atoms with Gasteiger partial charge in [-0.3, -0.25) is 0 Å². The lowest BCUT2D eigenvalue weighted by molar-refractivity contribution is -0.155. The molecule has 5 heteroatoms. The molecule has 0 bridgehead atoms. The monoisotopic (exact) mass is 238 g/mol. The highest BCUT2D eigenvalue weighted by Gasteiger charge is 2.29. The second-order valence-electron chi connectivity index (χ2n) is 4.38. The van der Waals surface area contributed by atoms with Crippen LogP contribution in [0.15, 0.2) is 24.3 Å². The minimum absolute atomic E-state index is 0.0424. The van der Waals surface area contributed by atoms with Crippen LogP contribution >= 0.6 is 0 Å². The van der Waals surface area contributed by atoms with E-state index in [2.05, 4.69) is 5.32 Å². The topological polar surface area (TPSA) is 72.8 Å². The van der Waals surface area contributed by atoms with Gasteiger partial charge in [0, 0.05) is 25.5 Å². The fraction of sp³-hybridized carbons (Fsp3) is 0.417. The lowest BCUT2D eigenvalue weighted by Gasteiger charge is -2.20. The number of aliphatic carboxylic acids is 1. The van der Waals surface area contributed by atoms with Crippen molar-refractivity contribution in [3.8, 4) is 0 Å². The van der Waals surface area contributed by atoms with Crippen LogP contribution in [0.3, 0.4) is 0 Å². The molecule has 5 nitrogen and oxygen atoms in total. The number of rotatable bonds is 5. The minimum atomic E-state index is -1.77. The van der Waals surface area contributed by atoms with E-state index < -0.39 is 11.6 Å². The minimum Gasteiger partial charge on any atom is -0.479 e. The number of nitrogens with one attached hydrogen (secondary N) is 1. The van der Waals surface area contributed by atoms with Gasteiger partial charge in [-0.25, -0.2) is 4.79 Å². The Morgan fingerprint density at radius 2 is 2.12 bits per heavy atom. The van der Waals surface area contributed by atoms with Crippen molar-refractivity contribution >= 4 is 17.3 Å². The summed E-state index contributed by atoms with van der Waals surface area (Å²) in [6.45, 7) is 1.22. The Hall–Kier alpha value is -1.75. The molecule has 1 unspecified atom stereocenters. The van der Waals surface area contributed by atoms with Gasteiger partial charge in [-0.05, 0) is 25.1 Å². The first kappa shape index (κ1) is 13.3. The van der Waals surface area contributed by atoms with Gasteiger partial charge in [0.2, 0.25) is 0 Å². The number of benzene rings is 1. The van der Waals surface area contributed by atoms with E-state index in [4.69, 9.17) is 5.11 Å². The highest BCUT2D eigenvalue weighted by molar-refractivity contribution is 5.77. The highest BCUT2D eigenvalue weighted by atomic mass is 16.4. The van der Waals surface area contributed by atoms with Gasteiger partial charge in [0.25, 0.3) is 0 Å². The second-order valence-corrected chi connectivity index (χ2v) is 4.38. The summed E-state index contributed by atoms with van der Waals surface area (Å²) in [6.07, 6.45) is 0. The molecule has 3 N–H and O–H groups in total. The van der Waals surface area contributed by atoms with Crippen molar-refractivity contribution in [2.45, 2.75) is 12.5 Å². The summed E-state index contributed by atoms with van der Waals surface area (Å²) in [5, 5.41) is 21.2. The zero-order valence-corrected chi connectivity index (χ0v) is 10.3. The summed E-state index contributed by atoms with van der Waals surface area (Å²) >= 11 is 0. The fourth-order valence-electron chi connectivity index (χ4n) is 1.24. The van der Waals surface area contributed by atoms with Gasteiger partial charge in [0.15, 0.2) is 5.60 Å². The van der Waals surface area contributed by atoms with E-state index >= 15 is 0 Å². The normalized spacial score (nSPS) is 13.9. The number of carboxylic acid groups (broad SMARTS) is 1. The van der Waals surface area contributed by atoms with Crippen LogP contribution in [0.1, 0.15) is 6.92 Å². The van der Waals surface area contributed by atoms with Gasteiger partial charge in [-0.1, -0.05) is 6.07 Å². The molecule has 0 fully saturated rings. The molecule has 0 saturated carbocycles. The van der Waals surface area contributed by atoms with Gasteiger partial charge in [-0.15, -0.1) is 0 Å². The van der Waals surface area contributed by atoms with Gasteiger partial charge < -0.3 is 20.4 Å². The van der Waals surface area contributed by atoms with Crippen molar-refractivity contribution in [1.82, 2.24) is 0 Å². The van der Waals surface area contributed by atoms with E-state index in [1.165, 1.54) is 6.92 Å². The first-order valence-electron chi connectivity index (χ1n) is 5.30. The number of nitrogens with zero attached hydrogens (tertiary/aromatic N) is 1. The lowest BCUT2D eigenvalue weighted by atomic mass is 10.1. The molecule has 0 amide bonds. The zero-order chi connectivity index (χ0) is 13.1. The lowest BCUT2D eigenvalue weighted by Crippen LogP contribution is -2.41. The highest BCUT2D eigenvalue weighted by Crippen LogP contribution is 2.18. The van der Waals surface area contributed by atoms with Crippen molar-refractivity contribution in [3.63, 3.8) is 0 Å². The summed E-state index contributed by atoms with van der Waals surface area (Å²) in [5.74, 6) is -1.24. The third kappa shape index (κ3) is 3.64. The molecule has 0 radical (unpaired) electrons. The van der Waals surface area contributed by atoms with Crippen molar-refractivity contribution in [1.29, 1.82) is 0 Å². The molecule has 17 heavy (non-hydrogen) atoms. The van der Waals surface area contributed by atoms with Crippen LogP contribution in [0.4, 0.5) is 11.4 Å². The number of anilines is 2. The Kier molecular flexibility index (Phi) is 3.96. The van der Waals surface area contributed by atoms with Gasteiger partial charge >= 0.3 is 5.97 Å². The predicted octanol–water partition coefficient (Wildman–Crippen LogP) is 1.00. The average molecular weight is 238 g/mol. The first-order valence-corrected chi connectivity index (χ1v) is 5.30. The molecule has 0 aliphatic carbocycles. The Bertz CT molecular complexity index is 402. The van der Waals surface area contributed by atoms with Crippen LogP contribution in [0.2, 0.25) is 0 Å². The molecule has 1 aromatic carbocycles. The molecule has 1 atom stereocenters. The van der Waals surface area contributed by atoms with Crippen LogP contribution < -0.4 is 10.2 Å². The summed E-state index contributed by atoms with van der Waals surface area (Å²) in [5.41, 5.74) is 0.0106. The number of hydrogen-bond acceptors (Lipinski definition) is 4. The largest absolute Gasteiger partial charge is 0.479 e. The standard InChI is InChI=1S/C12H18N2O3/c1-12(17,11(15)16)8-13-9-5-4-6-10(7-9)14(2)3/h4-7,13,17H,8H2,1-3H3,(H,15,16). The van der Waals surface area contributed by atoms with Crippen LogP contribution in [-0.4, -0.2) is 42.4 Å². The van der Waals surface area contributed by atoms with Crippen LogP contribution in [0.5, 0.6) is 0 Å². The van der Waals surface area contributed by atoms with Gasteiger partial charge in [-0.2, -0.15) is 0 Å². The summed E-state index contributed by atoms with van der Waals surface area (Å²) in [7, 11) is 3.85. The van der Waals surface area contributed by atoms with E-state index in [1.54, 1.807) is 0 Å². The molecule has 0 aliphatic heterocycles. The zero-order valence-electron chi connectivity index (χ0n) is 10.3. The van der Waals surface area contributed by atoms with E-state index in [9.17, 15) is 9.90 Å². The molecule has 0 aliphatic rings.